The second kappa shape index (κ2) is 11.4. The van der Waals surface area contributed by atoms with E-state index in [1.54, 1.807) is 20.3 Å². The van der Waals surface area contributed by atoms with E-state index < -0.39 is 17.7 Å². The summed E-state index contributed by atoms with van der Waals surface area (Å²) in [6.45, 7) is 6.10. The van der Waals surface area contributed by atoms with Gasteiger partial charge in [0, 0.05) is 94.9 Å². The molecule has 5 aliphatic carbocycles. The van der Waals surface area contributed by atoms with Gasteiger partial charge in [0.05, 0.1) is 24.9 Å². The minimum atomic E-state index is -0.973. The first-order valence-electron chi connectivity index (χ1n) is 16.7. The molecule has 246 valence electrons. The molecule has 0 radical (unpaired) electrons. The van der Waals surface area contributed by atoms with Crippen molar-refractivity contribution in [3.63, 3.8) is 0 Å². The third kappa shape index (κ3) is 4.16. The molecule has 1 heterocycles. The van der Waals surface area contributed by atoms with Gasteiger partial charge in [-0.1, -0.05) is 37.3 Å². The van der Waals surface area contributed by atoms with Crippen LogP contribution in [0.1, 0.15) is 45.1 Å². The Bertz CT molecular complexity index is 1320. The number of ether oxygens (including phenoxy) is 6. The molecule has 1 aliphatic heterocycles. The monoisotopic (exact) mass is 623 g/mol. The molecule has 45 heavy (non-hydrogen) atoms. The van der Waals surface area contributed by atoms with Crippen molar-refractivity contribution >= 4 is 18.0 Å². The SMILES string of the molecule is CCN1C[C@]2(COC)CC[C@H](OC)[C@@]34[C@@H]5C[C@H]6[C@H](OC(C)=O)[C@@H]5[C@@](OC(=O)/C=C/c5ccccc5)(C[C@@H]6OC)[C@@H]([C@@H](OC)[C@H]23)[C@@H]14. The Labute approximate surface area is 266 Å². The molecule has 0 unspecified atom stereocenters. The van der Waals surface area contributed by atoms with Crippen LogP contribution in [0.2, 0.25) is 0 Å². The van der Waals surface area contributed by atoms with Crippen LogP contribution in [0, 0.1) is 40.4 Å². The molecule has 1 aromatic rings. The van der Waals surface area contributed by atoms with E-state index in [0.717, 1.165) is 37.9 Å². The lowest BCUT2D eigenvalue weighted by Crippen LogP contribution is -2.77. The number of esters is 2. The lowest BCUT2D eigenvalue weighted by molar-refractivity contribution is -0.280. The predicted octanol–water partition coefficient (Wildman–Crippen LogP) is 3.99. The summed E-state index contributed by atoms with van der Waals surface area (Å²) in [5.41, 5.74) is -0.481. The molecule has 5 saturated carbocycles. The Morgan fingerprint density at radius 3 is 2.44 bits per heavy atom. The highest BCUT2D eigenvalue weighted by molar-refractivity contribution is 5.87. The number of methoxy groups -OCH3 is 4. The average molecular weight is 624 g/mol. The van der Waals surface area contributed by atoms with E-state index in [9.17, 15) is 9.59 Å². The van der Waals surface area contributed by atoms with Gasteiger partial charge in [0.2, 0.25) is 0 Å². The van der Waals surface area contributed by atoms with Crippen molar-refractivity contribution in [2.45, 2.75) is 75.6 Å². The molecule has 6 fully saturated rings. The number of fused-ring (bicyclic) bond motifs is 2. The third-order valence-electron chi connectivity index (χ3n) is 13.1. The summed E-state index contributed by atoms with van der Waals surface area (Å²) < 4.78 is 38.7. The van der Waals surface area contributed by atoms with Crippen molar-refractivity contribution in [1.82, 2.24) is 4.90 Å². The summed E-state index contributed by atoms with van der Waals surface area (Å²) in [6.07, 6.45) is 5.72. The topological polar surface area (TPSA) is 92.8 Å². The standard InChI is InChI=1S/C36H49NO8/c1-7-37-19-34(20-40-3)16-15-26(42-5)36-24-17-23-25(41-4)18-35(28(24)30(23)44-21(2)38,29(33(36)37)31(43-6)32(34)36)45-27(39)14-13-22-11-9-8-10-12-22/h8-14,23-26,28-33H,7,15-20H2,1-6H3/b14-13+/t23-,24-,25+,26+,28-,29+,30+,31-,32-,33-,34+,35+,36+/m1/s1. The molecule has 7 bridgehead atoms. The van der Waals surface area contributed by atoms with E-state index in [1.165, 1.54) is 13.0 Å². The Hall–Kier alpha value is -2.30. The zero-order valence-electron chi connectivity index (χ0n) is 27.5. The van der Waals surface area contributed by atoms with Crippen LogP contribution in [0.15, 0.2) is 36.4 Å². The number of benzene rings is 1. The van der Waals surface area contributed by atoms with Gasteiger partial charge >= 0.3 is 11.9 Å². The quantitative estimate of drug-likeness (QED) is 0.283. The minimum absolute atomic E-state index is 0.00219. The van der Waals surface area contributed by atoms with E-state index in [0.29, 0.717) is 13.0 Å². The molecule has 1 spiro atoms. The number of hydrogen-bond acceptors (Lipinski definition) is 9. The van der Waals surface area contributed by atoms with Crippen LogP contribution >= 0.6 is 0 Å². The molecule has 9 nitrogen and oxygen atoms in total. The summed E-state index contributed by atoms with van der Waals surface area (Å²) in [6, 6.07) is 9.83. The minimum Gasteiger partial charge on any atom is -0.462 e. The van der Waals surface area contributed by atoms with Crippen molar-refractivity contribution in [2.24, 2.45) is 40.4 Å². The molecule has 1 aromatic carbocycles. The van der Waals surface area contributed by atoms with E-state index in [1.807, 2.05) is 44.6 Å². The number of rotatable bonds is 10. The van der Waals surface area contributed by atoms with Gasteiger partial charge in [-0.25, -0.2) is 4.79 Å². The maximum Gasteiger partial charge on any atom is 0.331 e. The van der Waals surface area contributed by atoms with E-state index in [-0.39, 0.29) is 70.7 Å². The predicted molar refractivity (Wildman–Crippen MR) is 166 cm³/mol. The first-order valence-corrected chi connectivity index (χ1v) is 16.7. The molecule has 0 N–H and O–H groups in total. The third-order valence-corrected chi connectivity index (χ3v) is 13.1. The molecular formula is C36H49NO8. The summed E-state index contributed by atoms with van der Waals surface area (Å²) in [5, 5.41) is 0. The van der Waals surface area contributed by atoms with Gasteiger partial charge in [-0.2, -0.15) is 0 Å². The zero-order chi connectivity index (χ0) is 31.7. The van der Waals surface area contributed by atoms with Crippen molar-refractivity contribution in [1.29, 1.82) is 0 Å². The zero-order valence-corrected chi connectivity index (χ0v) is 27.5. The second-order valence-corrected chi connectivity index (χ2v) is 14.5. The van der Waals surface area contributed by atoms with E-state index in [4.69, 9.17) is 28.4 Å². The molecule has 13 atom stereocenters. The van der Waals surface area contributed by atoms with Crippen LogP contribution in [-0.4, -0.2) is 101 Å². The first kappa shape index (κ1) is 31.3. The van der Waals surface area contributed by atoms with Crippen molar-refractivity contribution in [3.05, 3.63) is 42.0 Å². The fourth-order valence-electron chi connectivity index (χ4n) is 12.4. The van der Waals surface area contributed by atoms with Crippen molar-refractivity contribution in [3.8, 4) is 0 Å². The molecule has 0 amide bonds. The normalized spacial score (nSPS) is 45.9. The number of hydrogen-bond donors (Lipinski definition) is 0. The van der Waals surface area contributed by atoms with Crippen molar-refractivity contribution in [2.75, 3.05) is 48.1 Å². The molecule has 0 aromatic heterocycles. The smallest absolute Gasteiger partial charge is 0.331 e. The molecule has 1 saturated heterocycles. The largest absolute Gasteiger partial charge is 0.462 e. The Morgan fingerprint density at radius 1 is 1.02 bits per heavy atom. The summed E-state index contributed by atoms with van der Waals surface area (Å²) >= 11 is 0. The summed E-state index contributed by atoms with van der Waals surface area (Å²) in [7, 11) is 7.20. The van der Waals surface area contributed by atoms with Crippen LogP contribution in [0.3, 0.4) is 0 Å². The van der Waals surface area contributed by atoms with Crippen LogP contribution in [-0.2, 0) is 38.0 Å². The van der Waals surface area contributed by atoms with Crippen LogP contribution in [0.4, 0.5) is 0 Å². The number of carbonyl (C=O) groups is 2. The lowest BCUT2D eigenvalue weighted by Gasteiger charge is -2.69. The summed E-state index contributed by atoms with van der Waals surface area (Å²) in [4.78, 5) is 29.4. The van der Waals surface area contributed by atoms with Gasteiger partial charge in [-0.3, -0.25) is 9.69 Å². The highest BCUT2D eigenvalue weighted by Crippen LogP contribution is 2.80. The van der Waals surface area contributed by atoms with Gasteiger partial charge in [0.15, 0.2) is 0 Å². The number of likely N-dealkylation sites (tertiary alicyclic amines) is 1. The van der Waals surface area contributed by atoms with Gasteiger partial charge in [-0.15, -0.1) is 0 Å². The lowest BCUT2D eigenvalue weighted by atomic mass is 9.43. The number of carbonyl (C=O) groups excluding carboxylic acids is 2. The van der Waals surface area contributed by atoms with Gasteiger partial charge in [0.25, 0.3) is 0 Å². The Kier molecular flexibility index (Phi) is 7.96. The highest BCUT2D eigenvalue weighted by Gasteiger charge is 2.88. The molecule has 6 aliphatic rings. The molecule has 7 rings (SSSR count). The summed E-state index contributed by atoms with van der Waals surface area (Å²) in [5.74, 6) is -0.887. The van der Waals surface area contributed by atoms with Crippen LogP contribution in [0.5, 0.6) is 0 Å². The number of piperidine rings is 1. The van der Waals surface area contributed by atoms with E-state index in [2.05, 4.69) is 11.8 Å². The fraction of sp³-hybridized carbons (Fsp3) is 0.722. The van der Waals surface area contributed by atoms with Gasteiger partial charge in [0.1, 0.15) is 11.7 Å². The average Bonchev–Trinajstić information content (AvgIpc) is 3.45. The number of nitrogens with zero attached hydrogens (tertiary/aromatic N) is 1. The highest BCUT2D eigenvalue weighted by atomic mass is 16.6. The van der Waals surface area contributed by atoms with Crippen LogP contribution in [0.25, 0.3) is 6.08 Å². The van der Waals surface area contributed by atoms with E-state index >= 15 is 0 Å². The molecule has 9 heteroatoms. The van der Waals surface area contributed by atoms with Gasteiger partial charge in [-0.05, 0) is 43.4 Å². The van der Waals surface area contributed by atoms with Crippen molar-refractivity contribution < 1.29 is 38.0 Å². The maximum atomic E-state index is 14.0. The first-order chi connectivity index (χ1) is 21.8. The van der Waals surface area contributed by atoms with Crippen LogP contribution < -0.4 is 0 Å². The Morgan fingerprint density at radius 2 is 1.80 bits per heavy atom. The Balaban J connectivity index is 1.45. The maximum absolute atomic E-state index is 14.0. The fourth-order valence-corrected chi connectivity index (χ4v) is 12.4. The second-order valence-electron chi connectivity index (χ2n) is 14.5. The van der Waals surface area contributed by atoms with Gasteiger partial charge < -0.3 is 28.4 Å². The molecular weight excluding hydrogens is 574 g/mol.